The Kier molecular flexibility index (Phi) is 5.26. The van der Waals surface area contributed by atoms with Gasteiger partial charge in [-0.15, -0.1) is 0 Å². The number of likely N-dealkylation sites (N-methyl/N-ethyl adjacent to an activating group) is 1. The van der Waals surface area contributed by atoms with E-state index in [1.165, 1.54) is 6.07 Å². The molecular formula is C13H21FN2O3S. The van der Waals surface area contributed by atoms with Crippen molar-refractivity contribution >= 4 is 10.0 Å². The molecule has 2 N–H and O–H groups in total. The molecule has 1 rings (SSSR count). The zero-order chi connectivity index (χ0) is 15.6. The van der Waals surface area contributed by atoms with Gasteiger partial charge in [-0.2, -0.15) is 0 Å². The van der Waals surface area contributed by atoms with Crippen LogP contribution in [0.5, 0.6) is 0 Å². The summed E-state index contributed by atoms with van der Waals surface area (Å²) >= 11 is 0. The summed E-state index contributed by atoms with van der Waals surface area (Å²) in [7, 11) is -0.240. The number of aliphatic hydroxyl groups is 1. The molecule has 114 valence electrons. The first-order valence-corrected chi connectivity index (χ1v) is 7.65. The highest BCUT2D eigenvalue weighted by Gasteiger charge is 2.25. The minimum atomic E-state index is -3.92. The van der Waals surface area contributed by atoms with Crippen LogP contribution in [0.2, 0.25) is 0 Å². The number of nitrogens with zero attached hydrogens (tertiary/aromatic N) is 1. The largest absolute Gasteiger partial charge is 0.392 e. The van der Waals surface area contributed by atoms with Gasteiger partial charge in [-0.25, -0.2) is 17.5 Å². The highest BCUT2D eigenvalue weighted by Crippen LogP contribution is 2.17. The Hall–Kier alpha value is -1.02. The van der Waals surface area contributed by atoms with E-state index < -0.39 is 26.3 Å². The predicted molar refractivity (Wildman–Crippen MR) is 75.3 cm³/mol. The van der Waals surface area contributed by atoms with Crippen molar-refractivity contribution in [2.24, 2.45) is 0 Å². The van der Waals surface area contributed by atoms with Crippen molar-refractivity contribution in [1.82, 2.24) is 9.62 Å². The average molecular weight is 304 g/mol. The second kappa shape index (κ2) is 6.17. The van der Waals surface area contributed by atoms with Crippen LogP contribution in [0, 0.1) is 5.82 Å². The van der Waals surface area contributed by atoms with Crippen LogP contribution in [0.4, 0.5) is 4.39 Å². The lowest BCUT2D eigenvalue weighted by atomic mass is 10.1. The molecule has 7 heteroatoms. The fourth-order valence-corrected chi connectivity index (χ4v) is 2.63. The Balaban J connectivity index is 2.95. The average Bonchev–Trinajstić information content (AvgIpc) is 2.36. The molecule has 1 aromatic carbocycles. The molecule has 0 aliphatic heterocycles. The van der Waals surface area contributed by atoms with E-state index >= 15 is 0 Å². The molecule has 0 aliphatic carbocycles. The summed E-state index contributed by atoms with van der Waals surface area (Å²) in [6, 6.07) is 3.56. The van der Waals surface area contributed by atoms with Crippen molar-refractivity contribution in [3.05, 3.63) is 29.6 Å². The first-order valence-electron chi connectivity index (χ1n) is 6.16. The smallest absolute Gasteiger partial charge is 0.243 e. The minimum Gasteiger partial charge on any atom is -0.392 e. The van der Waals surface area contributed by atoms with Crippen LogP contribution in [0.15, 0.2) is 23.1 Å². The van der Waals surface area contributed by atoms with Crippen molar-refractivity contribution in [2.45, 2.75) is 30.9 Å². The Labute approximate surface area is 119 Å². The van der Waals surface area contributed by atoms with Crippen LogP contribution < -0.4 is 4.72 Å². The maximum atomic E-state index is 13.8. The van der Waals surface area contributed by atoms with Gasteiger partial charge in [0.05, 0.1) is 6.61 Å². The molecule has 0 bridgehead atoms. The van der Waals surface area contributed by atoms with Crippen molar-refractivity contribution in [1.29, 1.82) is 0 Å². The molecule has 5 nitrogen and oxygen atoms in total. The highest BCUT2D eigenvalue weighted by molar-refractivity contribution is 7.89. The van der Waals surface area contributed by atoms with Crippen molar-refractivity contribution in [2.75, 3.05) is 20.6 Å². The Morgan fingerprint density at radius 1 is 1.35 bits per heavy atom. The molecule has 0 atom stereocenters. The van der Waals surface area contributed by atoms with Gasteiger partial charge in [-0.1, -0.05) is 6.07 Å². The molecule has 0 fully saturated rings. The van der Waals surface area contributed by atoms with Gasteiger partial charge < -0.3 is 10.0 Å². The lowest BCUT2D eigenvalue weighted by Crippen LogP contribution is -2.48. The molecule has 0 saturated heterocycles. The third kappa shape index (κ3) is 3.99. The van der Waals surface area contributed by atoms with E-state index in [4.69, 9.17) is 5.11 Å². The fraction of sp³-hybridized carbons (Fsp3) is 0.538. The summed E-state index contributed by atoms with van der Waals surface area (Å²) in [5.74, 6) is -0.869. The number of benzene rings is 1. The Bertz CT molecular complexity index is 571. The van der Waals surface area contributed by atoms with Gasteiger partial charge in [0.1, 0.15) is 10.7 Å². The van der Waals surface area contributed by atoms with Gasteiger partial charge in [0.15, 0.2) is 0 Å². The maximum absolute atomic E-state index is 13.8. The van der Waals surface area contributed by atoms with Gasteiger partial charge in [0, 0.05) is 12.1 Å². The summed E-state index contributed by atoms with van der Waals surface area (Å²) in [5, 5.41) is 8.89. The highest BCUT2D eigenvalue weighted by atomic mass is 32.2. The molecule has 0 heterocycles. The number of hydrogen-bond acceptors (Lipinski definition) is 4. The van der Waals surface area contributed by atoms with Crippen molar-refractivity contribution in [3.8, 4) is 0 Å². The van der Waals surface area contributed by atoms with Gasteiger partial charge in [-0.05, 0) is 45.6 Å². The quantitative estimate of drug-likeness (QED) is 0.820. The van der Waals surface area contributed by atoms with Crippen LogP contribution in [-0.4, -0.2) is 44.6 Å². The molecule has 20 heavy (non-hydrogen) atoms. The molecule has 0 spiro atoms. The van der Waals surface area contributed by atoms with E-state index in [9.17, 15) is 12.8 Å². The predicted octanol–water partition coefficient (Wildman–Crippen LogP) is 0.936. The van der Waals surface area contributed by atoms with Gasteiger partial charge >= 0.3 is 0 Å². The van der Waals surface area contributed by atoms with E-state index in [0.717, 1.165) is 12.1 Å². The number of rotatable bonds is 6. The number of hydrogen-bond donors (Lipinski definition) is 2. The summed E-state index contributed by atoms with van der Waals surface area (Å²) < 4.78 is 40.4. The maximum Gasteiger partial charge on any atom is 0.243 e. The fourth-order valence-electron chi connectivity index (χ4n) is 1.37. The summed E-state index contributed by atoms with van der Waals surface area (Å²) in [6.45, 7) is 3.57. The molecule has 0 unspecified atom stereocenters. The second-order valence-corrected chi connectivity index (χ2v) is 7.19. The molecular weight excluding hydrogens is 283 g/mol. The molecule has 0 saturated carbocycles. The molecule has 0 amide bonds. The van der Waals surface area contributed by atoms with E-state index in [0.29, 0.717) is 5.56 Å². The van der Waals surface area contributed by atoms with Crippen LogP contribution >= 0.6 is 0 Å². The monoisotopic (exact) mass is 304 g/mol. The summed E-state index contributed by atoms with van der Waals surface area (Å²) in [6.07, 6.45) is 0. The Morgan fingerprint density at radius 2 is 1.95 bits per heavy atom. The lowest BCUT2D eigenvalue weighted by molar-refractivity contribution is 0.199. The van der Waals surface area contributed by atoms with Crippen molar-refractivity contribution in [3.63, 3.8) is 0 Å². The molecule has 0 aliphatic rings. The lowest BCUT2D eigenvalue weighted by Gasteiger charge is -2.32. The normalized spacial score (nSPS) is 12.9. The topological polar surface area (TPSA) is 69.6 Å². The summed E-state index contributed by atoms with van der Waals surface area (Å²) in [4.78, 5) is 1.46. The number of nitrogens with one attached hydrogen (secondary N) is 1. The number of sulfonamides is 1. The van der Waals surface area contributed by atoms with Crippen molar-refractivity contribution < 1.29 is 17.9 Å². The zero-order valence-corrected chi connectivity index (χ0v) is 13.0. The SMILES string of the molecule is CN(C)C(C)(C)CNS(=O)(=O)c1ccc(CO)cc1F. The van der Waals surface area contributed by atoms with Crippen LogP contribution in [0.25, 0.3) is 0 Å². The third-order valence-corrected chi connectivity index (χ3v) is 4.81. The van der Waals surface area contributed by atoms with Crippen LogP contribution in [0.3, 0.4) is 0 Å². The number of halogens is 1. The molecule has 0 aromatic heterocycles. The molecule has 1 aromatic rings. The van der Waals surface area contributed by atoms with Gasteiger partial charge in [0.25, 0.3) is 0 Å². The third-order valence-electron chi connectivity index (χ3n) is 3.37. The number of aliphatic hydroxyl groups excluding tert-OH is 1. The van der Waals surface area contributed by atoms with Gasteiger partial charge in [0.2, 0.25) is 10.0 Å². The standard InChI is InChI=1S/C13H21FN2O3S/c1-13(2,16(3)4)9-15-20(18,19)12-6-5-10(8-17)7-11(12)14/h5-7,15,17H,8-9H2,1-4H3. The minimum absolute atomic E-state index is 0.156. The second-order valence-electron chi connectivity index (χ2n) is 5.45. The first kappa shape index (κ1) is 17.0. The Morgan fingerprint density at radius 3 is 2.40 bits per heavy atom. The van der Waals surface area contributed by atoms with E-state index in [1.807, 2.05) is 32.8 Å². The van der Waals surface area contributed by atoms with E-state index in [1.54, 1.807) is 0 Å². The van der Waals surface area contributed by atoms with E-state index in [-0.39, 0.29) is 13.2 Å². The van der Waals surface area contributed by atoms with Crippen LogP contribution in [0.1, 0.15) is 19.4 Å². The zero-order valence-electron chi connectivity index (χ0n) is 12.1. The van der Waals surface area contributed by atoms with Gasteiger partial charge in [-0.3, -0.25) is 0 Å². The summed E-state index contributed by atoms with van der Waals surface area (Å²) in [5.41, 5.74) is -0.0655. The van der Waals surface area contributed by atoms with Crippen LogP contribution in [-0.2, 0) is 16.6 Å². The van der Waals surface area contributed by atoms with E-state index in [2.05, 4.69) is 4.72 Å². The molecule has 0 radical (unpaired) electrons. The first-order chi connectivity index (χ1) is 9.10.